The molecule has 0 aliphatic heterocycles. The smallest absolute Gasteiger partial charge is 0.548 e. The van der Waals surface area contributed by atoms with Gasteiger partial charge in [-0.2, -0.15) is 0 Å². The SMILES string of the molecule is C=CCCCCCCCCCN[C@@H](C(=O)N[C@H](CC(C)C)C(=O)[O-])C(C)C.[Na+]. The monoisotopic (exact) mass is 404 g/mol. The fraction of sp³-hybridized carbons (Fsp3) is 0.818. The van der Waals surface area contributed by atoms with Crippen LogP contribution in [0.3, 0.4) is 0 Å². The van der Waals surface area contributed by atoms with E-state index in [1.165, 1.54) is 32.1 Å². The summed E-state index contributed by atoms with van der Waals surface area (Å²) in [5, 5.41) is 17.2. The third-order valence-corrected chi connectivity index (χ3v) is 4.71. The second-order valence-corrected chi connectivity index (χ2v) is 8.24. The van der Waals surface area contributed by atoms with Gasteiger partial charge in [0.15, 0.2) is 0 Å². The van der Waals surface area contributed by atoms with Crippen LogP contribution in [0, 0.1) is 11.8 Å². The summed E-state index contributed by atoms with van der Waals surface area (Å²) in [5.41, 5.74) is 0. The predicted molar refractivity (Wildman–Crippen MR) is 110 cm³/mol. The third kappa shape index (κ3) is 15.5. The van der Waals surface area contributed by atoms with E-state index in [4.69, 9.17) is 0 Å². The summed E-state index contributed by atoms with van der Waals surface area (Å²) >= 11 is 0. The summed E-state index contributed by atoms with van der Waals surface area (Å²) in [7, 11) is 0. The minimum atomic E-state index is -1.22. The number of amides is 1. The first kappa shape index (κ1) is 29.8. The summed E-state index contributed by atoms with van der Waals surface area (Å²) < 4.78 is 0. The third-order valence-electron chi connectivity index (χ3n) is 4.71. The van der Waals surface area contributed by atoms with Crippen molar-refractivity contribution >= 4 is 11.9 Å². The predicted octanol–water partition coefficient (Wildman–Crippen LogP) is 0.192. The fourth-order valence-electron chi connectivity index (χ4n) is 3.13. The van der Waals surface area contributed by atoms with E-state index in [2.05, 4.69) is 17.2 Å². The van der Waals surface area contributed by atoms with Crippen LogP contribution in [0.4, 0.5) is 0 Å². The zero-order chi connectivity index (χ0) is 20.7. The molecule has 0 saturated carbocycles. The first-order valence-corrected chi connectivity index (χ1v) is 10.6. The Hall–Kier alpha value is -0.360. The Morgan fingerprint density at radius 3 is 1.96 bits per heavy atom. The summed E-state index contributed by atoms with van der Waals surface area (Å²) in [5.74, 6) is -1.19. The summed E-state index contributed by atoms with van der Waals surface area (Å²) in [6.45, 7) is 12.3. The van der Waals surface area contributed by atoms with Gasteiger partial charge in [-0.05, 0) is 44.1 Å². The molecule has 0 bridgehead atoms. The van der Waals surface area contributed by atoms with Crippen LogP contribution in [-0.2, 0) is 9.59 Å². The molecular formula is C22H41N2NaO3. The topological polar surface area (TPSA) is 81.3 Å². The molecule has 28 heavy (non-hydrogen) atoms. The maximum Gasteiger partial charge on any atom is 1.00 e. The van der Waals surface area contributed by atoms with Crippen LogP contribution >= 0.6 is 0 Å². The van der Waals surface area contributed by atoms with Crippen molar-refractivity contribution in [3.05, 3.63) is 12.7 Å². The standard InChI is InChI=1S/C22H42N2O3.Na/c1-6-7-8-9-10-11-12-13-14-15-23-20(18(4)5)21(25)24-19(22(26)27)16-17(2)3;/h6,17-20,23H,1,7-16H2,2-5H3,(H,24,25)(H,26,27);/q;+1/p-1/t19-,20-;/m1./s1. The Kier molecular flexibility index (Phi) is 19.9. The molecule has 158 valence electrons. The molecule has 0 rings (SSSR count). The van der Waals surface area contributed by atoms with E-state index in [9.17, 15) is 14.7 Å². The van der Waals surface area contributed by atoms with Crippen molar-refractivity contribution in [1.29, 1.82) is 0 Å². The average molecular weight is 405 g/mol. The number of carboxylic acid groups (broad SMARTS) is 1. The molecule has 5 nitrogen and oxygen atoms in total. The van der Waals surface area contributed by atoms with Crippen molar-refractivity contribution in [2.45, 2.75) is 97.6 Å². The van der Waals surface area contributed by atoms with Crippen molar-refractivity contribution in [3.8, 4) is 0 Å². The van der Waals surface area contributed by atoms with Gasteiger partial charge in [0.25, 0.3) is 0 Å². The van der Waals surface area contributed by atoms with E-state index < -0.39 is 12.0 Å². The molecular weight excluding hydrogens is 363 g/mol. The van der Waals surface area contributed by atoms with Gasteiger partial charge >= 0.3 is 29.6 Å². The molecule has 0 radical (unpaired) electrons. The number of aliphatic carboxylic acids is 1. The minimum absolute atomic E-state index is 0. The van der Waals surface area contributed by atoms with Crippen LogP contribution in [0.5, 0.6) is 0 Å². The van der Waals surface area contributed by atoms with E-state index in [1.54, 1.807) is 0 Å². The van der Waals surface area contributed by atoms with E-state index in [-0.39, 0.29) is 53.3 Å². The molecule has 0 saturated heterocycles. The Morgan fingerprint density at radius 2 is 1.50 bits per heavy atom. The van der Waals surface area contributed by atoms with Gasteiger partial charge in [-0.15, -0.1) is 6.58 Å². The number of allylic oxidation sites excluding steroid dienone is 1. The molecule has 0 heterocycles. The first-order valence-electron chi connectivity index (χ1n) is 10.6. The first-order chi connectivity index (χ1) is 12.8. The zero-order valence-electron chi connectivity index (χ0n) is 18.9. The molecule has 0 unspecified atom stereocenters. The van der Waals surface area contributed by atoms with E-state index in [0.29, 0.717) is 6.42 Å². The molecule has 0 aromatic rings. The molecule has 0 aromatic carbocycles. The minimum Gasteiger partial charge on any atom is -0.548 e. The summed E-state index contributed by atoms with van der Waals surface area (Å²) in [6, 6.07) is -1.31. The number of rotatable bonds is 17. The van der Waals surface area contributed by atoms with Crippen LogP contribution < -0.4 is 45.3 Å². The van der Waals surface area contributed by atoms with E-state index >= 15 is 0 Å². The van der Waals surface area contributed by atoms with Crippen molar-refractivity contribution in [1.82, 2.24) is 10.6 Å². The largest absolute Gasteiger partial charge is 1.00 e. The van der Waals surface area contributed by atoms with Crippen molar-refractivity contribution in [2.75, 3.05) is 6.54 Å². The number of nitrogens with one attached hydrogen (secondary N) is 2. The zero-order valence-corrected chi connectivity index (χ0v) is 20.9. The quantitative estimate of drug-likeness (QED) is 0.206. The van der Waals surface area contributed by atoms with E-state index in [0.717, 1.165) is 25.8 Å². The summed E-state index contributed by atoms with van der Waals surface area (Å²) in [6.07, 6.45) is 11.9. The Bertz CT molecular complexity index is 428. The normalized spacial score (nSPS) is 13.1. The van der Waals surface area contributed by atoms with Gasteiger partial charge in [0.2, 0.25) is 5.91 Å². The molecule has 0 aromatic heterocycles. The Balaban J connectivity index is 0. The second-order valence-electron chi connectivity index (χ2n) is 8.24. The van der Waals surface area contributed by atoms with Gasteiger partial charge in [-0.25, -0.2) is 0 Å². The summed E-state index contributed by atoms with van der Waals surface area (Å²) in [4.78, 5) is 23.8. The van der Waals surface area contributed by atoms with Gasteiger partial charge in [0.1, 0.15) is 0 Å². The molecule has 6 heteroatoms. The van der Waals surface area contributed by atoms with E-state index in [1.807, 2.05) is 33.8 Å². The Labute approximate surface area is 194 Å². The van der Waals surface area contributed by atoms with Crippen molar-refractivity contribution in [3.63, 3.8) is 0 Å². The maximum atomic E-state index is 12.5. The molecule has 0 spiro atoms. The molecule has 2 atom stereocenters. The number of unbranched alkanes of at least 4 members (excludes halogenated alkanes) is 7. The molecule has 0 fully saturated rings. The van der Waals surface area contributed by atoms with Crippen LogP contribution in [-0.4, -0.2) is 30.5 Å². The van der Waals surface area contributed by atoms with Crippen LogP contribution in [0.2, 0.25) is 0 Å². The van der Waals surface area contributed by atoms with Crippen molar-refractivity contribution in [2.24, 2.45) is 11.8 Å². The molecule has 0 aliphatic carbocycles. The molecule has 0 aliphatic rings. The van der Waals surface area contributed by atoms with Crippen molar-refractivity contribution < 1.29 is 44.3 Å². The Morgan fingerprint density at radius 1 is 0.964 bits per heavy atom. The van der Waals surface area contributed by atoms with Gasteiger partial charge in [-0.1, -0.05) is 65.9 Å². The number of hydrogen-bond donors (Lipinski definition) is 2. The van der Waals surface area contributed by atoms with Gasteiger partial charge in [-0.3, -0.25) is 4.79 Å². The number of carbonyl (C=O) groups is 2. The van der Waals surface area contributed by atoms with Crippen LogP contribution in [0.15, 0.2) is 12.7 Å². The average Bonchev–Trinajstić information content (AvgIpc) is 2.58. The van der Waals surface area contributed by atoms with Gasteiger partial charge in [0, 0.05) is 0 Å². The number of carbonyl (C=O) groups excluding carboxylic acids is 2. The second kappa shape index (κ2) is 18.7. The number of carboxylic acids is 1. The van der Waals surface area contributed by atoms with Crippen LogP contribution in [0.1, 0.15) is 85.5 Å². The molecule has 1 amide bonds. The van der Waals surface area contributed by atoms with Gasteiger partial charge < -0.3 is 20.5 Å². The van der Waals surface area contributed by atoms with Crippen LogP contribution in [0.25, 0.3) is 0 Å². The maximum absolute atomic E-state index is 12.5. The fourth-order valence-corrected chi connectivity index (χ4v) is 3.13. The van der Waals surface area contributed by atoms with Gasteiger partial charge in [0.05, 0.1) is 18.1 Å². The molecule has 2 N–H and O–H groups in total. The number of hydrogen-bond acceptors (Lipinski definition) is 4.